The minimum atomic E-state index is -4.29. The zero-order valence-corrected chi connectivity index (χ0v) is 20.8. The summed E-state index contributed by atoms with van der Waals surface area (Å²) in [5, 5.41) is 0. The number of amides is 1. The molecule has 0 N–H and O–H groups in total. The molecule has 9 nitrogen and oxygen atoms in total. The van der Waals surface area contributed by atoms with Crippen LogP contribution in [0.25, 0.3) is 11.2 Å². The largest absolute Gasteiger partial charge is 0.444 e. The average Bonchev–Trinajstić information content (AvgIpc) is 2.78. The molecule has 186 valence electrons. The van der Waals surface area contributed by atoms with E-state index in [0.717, 1.165) is 24.5 Å². The van der Waals surface area contributed by atoms with Crippen LogP contribution in [0, 0.1) is 12.7 Å². The number of benzene rings is 1. The summed E-state index contributed by atoms with van der Waals surface area (Å²) < 4.78 is 50.3. The van der Waals surface area contributed by atoms with Gasteiger partial charge < -0.3 is 13.8 Å². The highest BCUT2D eigenvalue weighted by Gasteiger charge is 2.29. The van der Waals surface area contributed by atoms with Crippen molar-refractivity contribution in [3.05, 3.63) is 53.6 Å². The number of piperidine rings is 1. The molecule has 1 unspecified atom stereocenters. The van der Waals surface area contributed by atoms with Crippen molar-refractivity contribution >= 4 is 27.4 Å². The van der Waals surface area contributed by atoms with Crippen LogP contribution in [0.2, 0.25) is 0 Å². The van der Waals surface area contributed by atoms with Gasteiger partial charge in [0.15, 0.2) is 11.5 Å². The Kier molecular flexibility index (Phi) is 6.63. The molecule has 0 saturated carbocycles. The van der Waals surface area contributed by atoms with Crippen LogP contribution in [0.3, 0.4) is 0 Å². The maximum Gasteiger partial charge on any atom is 0.410 e. The van der Waals surface area contributed by atoms with E-state index in [1.807, 2.05) is 27.7 Å². The Hall–Kier alpha value is -3.34. The van der Waals surface area contributed by atoms with Crippen LogP contribution in [0.5, 0.6) is 5.88 Å². The van der Waals surface area contributed by atoms with Crippen molar-refractivity contribution in [3.63, 3.8) is 0 Å². The number of pyridine rings is 1. The smallest absolute Gasteiger partial charge is 0.410 e. The normalized spacial score (nSPS) is 16.8. The van der Waals surface area contributed by atoms with Gasteiger partial charge in [-0.2, -0.15) is 13.4 Å². The molecule has 3 aromatic rings. The van der Waals surface area contributed by atoms with Gasteiger partial charge in [0.25, 0.3) is 5.88 Å². The lowest BCUT2D eigenvalue weighted by Gasteiger charge is -2.33. The van der Waals surface area contributed by atoms with E-state index in [4.69, 9.17) is 8.92 Å². The SMILES string of the molecule is Cc1ccc(S(=O)(=O)Oc2nc3nc(C4CCCN(C(=O)OC(C)(C)C)C4)cnc3cc2F)cc1. The molecule has 1 fully saturated rings. The summed E-state index contributed by atoms with van der Waals surface area (Å²) in [5.74, 6) is -1.80. The molecule has 1 saturated heterocycles. The summed E-state index contributed by atoms with van der Waals surface area (Å²) in [5.41, 5.74) is 1.04. The number of hydrogen-bond donors (Lipinski definition) is 0. The highest BCUT2D eigenvalue weighted by molar-refractivity contribution is 7.87. The molecular formula is C24H27FN4O5S. The van der Waals surface area contributed by atoms with Gasteiger partial charge in [0.05, 0.1) is 5.69 Å². The minimum Gasteiger partial charge on any atom is -0.444 e. The predicted octanol–water partition coefficient (Wildman–Crippen LogP) is 4.35. The molecule has 1 atom stereocenters. The van der Waals surface area contributed by atoms with Crippen LogP contribution >= 0.6 is 0 Å². The van der Waals surface area contributed by atoms with Gasteiger partial charge in [0.1, 0.15) is 16.0 Å². The summed E-state index contributed by atoms with van der Waals surface area (Å²) in [7, 11) is -4.29. The van der Waals surface area contributed by atoms with Gasteiger partial charge >= 0.3 is 16.2 Å². The van der Waals surface area contributed by atoms with Gasteiger partial charge in [-0.3, -0.25) is 4.98 Å². The van der Waals surface area contributed by atoms with E-state index in [1.165, 1.54) is 18.3 Å². The Bertz CT molecular complexity index is 1360. The lowest BCUT2D eigenvalue weighted by atomic mass is 9.95. The van der Waals surface area contributed by atoms with Gasteiger partial charge in [0.2, 0.25) is 0 Å². The first-order chi connectivity index (χ1) is 16.4. The van der Waals surface area contributed by atoms with E-state index in [2.05, 4.69) is 15.0 Å². The topological polar surface area (TPSA) is 112 Å². The first kappa shape index (κ1) is 24.8. The molecule has 0 aliphatic carbocycles. The standard InChI is InChI=1S/C24H27FN4O5S/c1-15-7-9-17(10-8-15)35(31,32)34-22-18(25)12-19-21(28-22)27-20(13-26-19)16-6-5-11-29(14-16)23(30)33-24(2,3)4/h7-10,12-13,16H,5-6,11,14H2,1-4H3. The number of likely N-dealkylation sites (tertiary alicyclic amines) is 1. The second-order valence-corrected chi connectivity index (χ2v) is 11.1. The van der Waals surface area contributed by atoms with E-state index in [1.54, 1.807) is 17.0 Å². The fourth-order valence-corrected chi connectivity index (χ4v) is 4.63. The lowest BCUT2D eigenvalue weighted by Crippen LogP contribution is -2.42. The van der Waals surface area contributed by atoms with Crippen LogP contribution in [0.15, 0.2) is 41.4 Å². The van der Waals surface area contributed by atoms with Crippen molar-refractivity contribution in [2.75, 3.05) is 13.1 Å². The molecular weight excluding hydrogens is 475 g/mol. The van der Waals surface area contributed by atoms with E-state index in [9.17, 15) is 17.6 Å². The third-order valence-electron chi connectivity index (χ3n) is 5.46. The Morgan fingerprint density at radius 1 is 1.17 bits per heavy atom. The molecule has 35 heavy (non-hydrogen) atoms. The average molecular weight is 503 g/mol. The quantitative estimate of drug-likeness (QED) is 0.484. The summed E-state index contributed by atoms with van der Waals surface area (Å²) >= 11 is 0. The second-order valence-electron chi connectivity index (χ2n) is 9.53. The Balaban J connectivity index is 1.58. The van der Waals surface area contributed by atoms with Crippen LogP contribution in [0.4, 0.5) is 9.18 Å². The van der Waals surface area contributed by atoms with E-state index in [-0.39, 0.29) is 22.0 Å². The number of halogens is 1. The Labute approximate surface area is 203 Å². The fourth-order valence-electron chi connectivity index (χ4n) is 3.74. The fraction of sp³-hybridized carbons (Fsp3) is 0.417. The molecule has 1 aromatic carbocycles. The first-order valence-corrected chi connectivity index (χ1v) is 12.6. The molecule has 1 aliphatic rings. The molecule has 4 rings (SSSR count). The van der Waals surface area contributed by atoms with Gasteiger partial charge in [-0.25, -0.2) is 14.2 Å². The number of hydrogen-bond acceptors (Lipinski definition) is 8. The third kappa shape index (κ3) is 5.84. The first-order valence-electron chi connectivity index (χ1n) is 11.2. The number of rotatable bonds is 4. The number of fused-ring (bicyclic) bond motifs is 1. The van der Waals surface area contributed by atoms with Gasteiger partial charge in [-0.15, -0.1) is 0 Å². The lowest BCUT2D eigenvalue weighted by molar-refractivity contribution is 0.0197. The van der Waals surface area contributed by atoms with Gasteiger partial charge in [-0.1, -0.05) is 17.7 Å². The van der Waals surface area contributed by atoms with Crippen molar-refractivity contribution in [3.8, 4) is 5.88 Å². The van der Waals surface area contributed by atoms with Crippen molar-refractivity contribution in [2.24, 2.45) is 0 Å². The summed E-state index contributed by atoms with van der Waals surface area (Å²) in [6.45, 7) is 8.21. The highest BCUT2D eigenvalue weighted by atomic mass is 32.2. The summed E-state index contributed by atoms with van der Waals surface area (Å²) in [6, 6.07) is 7.01. The van der Waals surface area contributed by atoms with Crippen LogP contribution in [-0.4, -0.2) is 53.1 Å². The van der Waals surface area contributed by atoms with E-state index in [0.29, 0.717) is 18.8 Å². The molecule has 1 aliphatic heterocycles. The molecule has 11 heteroatoms. The number of aryl methyl sites for hydroxylation is 1. The summed E-state index contributed by atoms with van der Waals surface area (Å²) in [6.07, 6.45) is 2.65. The number of carbonyl (C=O) groups is 1. The molecule has 2 aromatic heterocycles. The van der Waals surface area contributed by atoms with Crippen molar-refractivity contribution in [1.29, 1.82) is 0 Å². The number of aromatic nitrogens is 3. The van der Waals surface area contributed by atoms with Gasteiger partial charge in [-0.05, 0) is 52.7 Å². The van der Waals surface area contributed by atoms with Crippen molar-refractivity contribution in [2.45, 2.75) is 57.0 Å². The maximum absolute atomic E-state index is 14.6. The van der Waals surface area contributed by atoms with Crippen molar-refractivity contribution < 1.29 is 26.5 Å². The van der Waals surface area contributed by atoms with Crippen LogP contribution in [0.1, 0.15) is 50.8 Å². The van der Waals surface area contributed by atoms with E-state index >= 15 is 0 Å². The predicted molar refractivity (Wildman–Crippen MR) is 126 cm³/mol. The van der Waals surface area contributed by atoms with Crippen LogP contribution < -0.4 is 4.18 Å². The molecule has 0 bridgehead atoms. The number of nitrogens with zero attached hydrogens (tertiary/aromatic N) is 4. The zero-order valence-electron chi connectivity index (χ0n) is 20.0. The number of ether oxygens (including phenoxy) is 1. The maximum atomic E-state index is 14.6. The summed E-state index contributed by atoms with van der Waals surface area (Å²) in [4.78, 5) is 26.8. The molecule has 0 spiro atoms. The second kappa shape index (κ2) is 9.37. The highest BCUT2D eigenvalue weighted by Crippen LogP contribution is 2.28. The minimum absolute atomic E-state index is 0.0485. The van der Waals surface area contributed by atoms with Gasteiger partial charge in [0, 0.05) is 31.3 Å². The molecule has 1 amide bonds. The molecule has 3 heterocycles. The monoisotopic (exact) mass is 502 g/mol. The van der Waals surface area contributed by atoms with Crippen molar-refractivity contribution in [1.82, 2.24) is 19.9 Å². The zero-order chi connectivity index (χ0) is 25.4. The van der Waals surface area contributed by atoms with Crippen LogP contribution in [-0.2, 0) is 14.9 Å². The Morgan fingerprint density at radius 2 is 1.89 bits per heavy atom. The Morgan fingerprint density at radius 3 is 2.57 bits per heavy atom. The van der Waals surface area contributed by atoms with E-state index < -0.39 is 33.5 Å². The third-order valence-corrected chi connectivity index (χ3v) is 6.69. The number of carbonyl (C=O) groups excluding carboxylic acids is 1. The molecule has 0 radical (unpaired) electrons.